The smallest absolute Gasteiger partial charge is 0.265 e. The molecule has 8 heteroatoms. The molecule has 0 bridgehead atoms. The van der Waals surface area contributed by atoms with Crippen molar-refractivity contribution in [2.75, 3.05) is 33.3 Å². The van der Waals surface area contributed by atoms with Gasteiger partial charge in [0.15, 0.2) is 0 Å². The summed E-state index contributed by atoms with van der Waals surface area (Å²) in [6, 6.07) is 0. The number of aryl methyl sites for hydroxylation is 1. The fraction of sp³-hybridized carbons (Fsp3) is 0.750. The highest BCUT2D eigenvalue weighted by atomic mass is 35.5. The molecule has 1 spiro atoms. The van der Waals surface area contributed by atoms with Crippen LogP contribution in [0.15, 0.2) is 0 Å². The lowest BCUT2D eigenvalue weighted by molar-refractivity contribution is 0.0611. The zero-order valence-corrected chi connectivity index (χ0v) is 16.9. The van der Waals surface area contributed by atoms with Gasteiger partial charge in [0.2, 0.25) is 0 Å². The second-order valence-corrected chi connectivity index (χ2v) is 7.59. The Labute approximate surface area is 160 Å². The molecule has 1 atom stereocenters. The Hall–Kier alpha value is -0.400. The van der Waals surface area contributed by atoms with Gasteiger partial charge in [-0.2, -0.15) is 0 Å². The van der Waals surface area contributed by atoms with Gasteiger partial charge in [0.05, 0.1) is 5.69 Å². The number of aromatic nitrogens is 1. The van der Waals surface area contributed by atoms with Gasteiger partial charge in [0.1, 0.15) is 16.0 Å². The molecule has 2 aliphatic rings. The number of carbonyl (C=O) groups is 1. The summed E-state index contributed by atoms with van der Waals surface area (Å²) in [5.41, 5.74) is 1.27. The second kappa shape index (κ2) is 8.81. The number of nitrogens with zero attached hydrogens (tertiary/aromatic N) is 2. The first kappa shape index (κ1) is 21.6. The minimum Gasteiger partial charge on any atom is -0.375 e. The maximum Gasteiger partial charge on any atom is 0.265 e. The zero-order chi connectivity index (χ0) is 15.7. The molecular formula is C16H27Cl2N3O2S. The SMILES string of the molecule is COC(C)c1nc(C)c(C(=O)N2CCC3(CCNC3)CC2)s1.Cl.Cl. The quantitative estimate of drug-likeness (QED) is 0.853. The number of thiazole rings is 1. The average molecular weight is 396 g/mol. The molecule has 3 heterocycles. The van der Waals surface area contributed by atoms with Gasteiger partial charge >= 0.3 is 0 Å². The molecule has 1 aromatic rings. The minimum absolute atomic E-state index is 0. The van der Waals surface area contributed by atoms with E-state index in [4.69, 9.17) is 4.74 Å². The van der Waals surface area contributed by atoms with E-state index in [2.05, 4.69) is 10.3 Å². The van der Waals surface area contributed by atoms with Crippen molar-refractivity contribution in [3.8, 4) is 0 Å². The van der Waals surface area contributed by atoms with E-state index in [1.165, 1.54) is 17.8 Å². The third kappa shape index (κ3) is 4.22. The first-order valence-electron chi connectivity index (χ1n) is 8.05. The molecule has 0 aromatic carbocycles. The van der Waals surface area contributed by atoms with Gasteiger partial charge in [-0.05, 0) is 45.1 Å². The summed E-state index contributed by atoms with van der Waals surface area (Å²) < 4.78 is 5.31. The largest absolute Gasteiger partial charge is 0.375 e. The van der Waals surface area contributed by atoms with Gasteiger partial charge in [-0.25, -0.2) is 4.98 Å². The van der Waals surface area contributed by atoms with E-state index < -0.39 is 0 Å². The number of piperidine rings is 1. The van der Waals surface area contributed by atoms with Crippen molar-refractivity contribution in [1.29, 1.82) is 0 Å². The molecule has 1 unspecified atom stereocenters. The lowest BCUT2D eigenvalue weighted by Gasteiger charge is -2.38. The van der Waals surface area contributed by atoms with Gasteiger partial charge < -0.3 is 15.0 Å². The summed E-state index contributed by atoms with van der Waals surface area (Å²) in [7, 11) is 1.67. The zero-order valence-electron chi connectivity index (χ0n) is 14.5. The molecule has 1 aromatic heterocycles. The number of hydrogen-bond donors (Lipinski definition) is 1. The van der Waals surface area contributed by atoms with Crippen LogP contribution < -0.4 is 5.32 Å². The monoisotopic (exact) mass is 395 g/mol. The summed E-state index contributed by atoms with van der Waals surface area (Å²) >= 11 is 1.48. The molecular weight excluding hydrogens is 369 g/mol. The van der Waals surface area contributed by atoms with Crippen molar-refractivity contribution in [2.24, 2.45) is 5.41 Å². The van der Waals surface area contributed by atoms with Crippen LogP contribution >= 0.6 is 36.2 Å². The summed E-state index contributed by atoms with van der Waals surface area (Å²) in [6.45, 7) is 7.86. The van der Waals surface area contributed by atoms with E-state index in [1.54, 1.807) is 7.11 Å². The number of halogens is 2. The van der Waals surface area contributed by atoms with Crippen molar-refractivity contribution in [3.05, 3.63) is 15.6 Å². The van der Waals surface area contributed by atoms with Crippen molar-refractivity contribution in [3.63, 3.8) is 0 Å². The molecule has 3 rings (SSSR count). The van der Waals surface area contributed by atoms with Crippen LogP contribution in [0, 0.1) is 12.3 Å². The average Bonchev–Trinajstić information content (AvgIpc) is 3.14. The summed E-state index contributed by atoms with van der Waals surface area (Å²) in [5.74, 6) is 0.144. The molecule has 2 saturated heterocycles. The minimum atomic E-state index is -0.0561. The van der Waals surface area contributed by atoms with Gasteiger partial charge in [-0.15, -0.1) is 36.2 Å². The van der Waals surface area contributed by atoms with Crippen molar-refractivity contribution in [1.82, 2.24) is 15.2 Å². The van der Waals surface area contributed by atoms with Crippen LogP contribution in [0.4, 0.5) is 0 Å². The van der Waals surface area contributed by atoms with E-state index in [0.29, 0.717) is 5.41 Å². The third-order valence-corrected chi connectivity index (χ3v) is 6.46. The maximum absolute atomic E-state index is 12.8. The number of hydrogen-bond acceptors (Lipinski definition) is 5. The van der Waals surface area contributed by atoms with Crippen molar-refractivity contribution < 1.29 is 9.53 Å². The highest BCUT2D eigenvalue weighted by Gasteiger charge is 2.38. The summed E-state index contributed by atoms with van der Waals surface area (Å²) in [4.78, 5) is 20.1. The van der Waals surface area contributed by atoms with Crippen LogP contribution in [-0.4, -0.2) is 49.1 Å². The van der Waals surface area contributed by atoms with Crippen LogP contribution in [-0.2, 0) is 4.74 Å². The molecule has 0 aliphatic carbocycles. The number of methoxy groups -OCH3 is 1. The summed E-state index contributed by atoms with van der Waals surface area (Å²) in [6.07, 6.45) is 3.43. The normalized spacial score (nSPS) is 20.4. The molecule has 0 saturated carbocycles. The van der Waals surface area contributed by atoms with Gasteiger partial charge in [-0.3, -0.25) is 4.79 Å². The van der Waals surface area contributed by atoms with Gasteiger partial charge in [-0.1, -0.05) is 0 Å². The number of likely N-dealkylation sites (tertiary alicyclic amines) is 1. The van der Waals surface area contributed by atoms with Gasteiger partial charge in [0, 0.05) is 26.7 Å². The summed E-state index contributed by atoms with van der Waals surface area (Å²) in [5, 5.41) is 4.35. The molecule has 138 valence electrons. The number of nitrogens with one attached hydrogen (secondary N) is 1. The van der Waals surface area contributed by atoms with Crippen LogP contribution in [0.1, 0.15) is 52.7 Å². The first-order chi connectivity index (χ1) is 10.5. The van der Waals surface area contributed by atoms with E-state index in [9.17, 15) is 4.79 Å². The molecule has 1 N–H and O–H groups in total. The van der Waals surface area contributed by atoms with Crippen molar-refractivity contribution in [2.45, 2.75) is 39.2 Å². The Morgan fingerprint density at radius 1 is 1.33 bits per heavy atom. The molecule has 24 heavy (non-hydrogen) atoms. The Bertz CT molecular complexity index is 552. The fourth-order valence-electron chi connectivity index (χ4n) is 3.44. The molecule has 2 fully saturated rings. The molecule has 2 aliphatic heterocycles. The van der Waals surface area contributed by atoms with Crippen LogP contribution in [0.5, 0.6) is 0 Å². The molecule has 0 radical (unpaired) electrons. The van der Waals surface area contributed by atoms with E-state index in [1.807, 2.05) is 18.7 Å². The predicted octanol–water partition coefficient (Wildman–Crippen LogP) is 3.22. The highest BCUT2D eigenvalue weighted by molar-refractivity contribution is 7.13. The predicted molar refractivity (Wildman–Crippen MR) is 102 cm³/mol. The number of carbonyl (C=O) groups excluding carboxylic acids is 1. The second-order valence-electron chi connectivity index (χ2n) is 6.56. The standard InChI is InChI=1S/C16H25N3O2S.2ClH/c1-11-13(22-14(18-11)12(2)21-3)15(20)19-8-5-16(6-9-19)4-7-17-10-16;;/h12,17H,4-10H2,1-3H3;2*1H. The van der Waals surface area contributed by atoms with Gasteiger partial charge in [0.25, 0.3) is 5.91 Å². The Morgan fingerprint density at radius 2 is 2.00 bits per heavy atom. The maximum atomic E-state index is 12.8. The lowest BCUT2D eigenvalue weighted by atomic mass is 9.78. The Balaban J connectivity index is 0.00000144. The van der Waals surface area contributed by atoms with E-state index in [0.717, 1.165) is 54.6 Å². The van der Waals surface area contributed by atoms with Crippen LogP contribution in [0.2, 0.25) is 0 Å². The number of ether oxygens (including phenoxy) is 1. The molecule has 5 nitrogen and oxygen atoms in total. The van der Waals surface area contributed by atoms with Crippen LogP contribution in [0.25, 0.3) is 0 Å². The van der Waals surface area contributed by atoms with Crippen molar-refractivity contribution >= 4 is 42.1 Å². The van der Waals surface area contributed by atoms with E-state index >= 15 is 0 Å². The highest BCUT2D eigenvalue weighted by Crippen LogP contribution is 2.37. The lowest BCUT2D eigenvalue weighted by Crippen LogP contribution is -2.44. The number of rotatable bonds is 3. The first-order valence-corrected chi connectivity index (χ1v) is 8.86. The fourth-order valence-corrected chi connectivity index (χ4v) is 4.50. The Morgan fingerprint density at radius 3 is 2.54 bits per heavy atom. The third-order valence-electron chi connectivity index (χ3n) is 5.15. The number of amides is 1. The topological polar surface area (TPSA) is 54.5 Å². The molecule has 1 amide bonds. The van der Waals surface area contributed by atoms with Crippen LogP contribution in [0.3, 0.4) is 0 Å². The Kier molecular flexibility index (Phi) is 7.94. The van der Waals surface area contributed by atoms with E-state index in [-0.39, 0.29) is 36.8 Å².